The number of nitrogens with one attached hydrogen (secondary N) is 2. The number of hydrogen-bond acceptors (Lipinski definition) is 3. The molecule has 1 aromatic rings. The maximum atomic E-state index is 13.1. The SMILES string of the molecule is CCNC(=NCc1cccc(F)c1)NCCCS(C)(=O)=O.I. The van der Waals surface area contributed by atoms with Crippen LogP contribution in [0.25, 0.3) is 0 Å². The highest BCUT2D eigenvalue weighted by molar-refractivity contribution is 14.0. The lowest BCUT2D eigenvalue weighted by Gasteiger charge is -2.11. The Labute approximate surface area is 148 Å². The molecule has 0 bridgehead atoms. The van der Waals surface area contributed by atoms with Gasteiger partial charge in [0.05, 0.1) is 12.3 Å². The Morgan fingerprint density at radius 3 is 2.64 bits per heavy atom. The quantitative estimate of drug-likeness (QED) is 0.293. The van der Waals surface area contributed by atoms with Crippen molar-refractivity contribution < 1.29 is 12.8 Å². The number of halogens is 2. The summed E-state index contributed by atoms with van der Waals surface area (Å²) < 4.78 is 35.1. The van der Waals surface area contributed by atoms with Gasteiger partial charge >= 0.3 is 0 Å². The van der Waals surface area contributed by atoms with Gasteiger partial charge in [0, 0.05) is 19.3 Å². The largest absolute Gasteiger partial charge is 0.357 e. The minimum Gasteiger partial charge on any atom is -0.357 e. The summed E-state index contributed by atoms with van der Waals surface area (Å²) in [6, 6.07) is 6.28. The minimum absolute atomic E-state index is 0. The van der Waals surface area contributed by atoms with Crippen molar-refractivity contribution >= 4 is 39.8 Å². The van der Waals surface area contributed by atoms with Crippen LogP contribution in [0.4, 0.5) is 4.39 Å². The fraction of sp³-hybridized carbons (Fsp3) is 0.500. The second-order valence-corrected chi connectivity index (χ2v) is 7.00. The van der Waals surface area contributed by atoms with Crippen LogP contribution in [-0.2, 0) is 16.4 Å². The summed E-state index contributed by atoms with van der Waals surface area (Å²) in [7, 11) is -2.94. The van der Waals surface area contributed by atoms with Gasteiger partial charge in [-0.3, -0.25) is 0 Å². The molecule has 0 unspecified atom stereocenters. The number of rotatable bonds is 7. The molecule has 0 spiro atoms. The van der Waals surface area contributed by atoms with E-state index in [1.807, 2.05) is 6.92 Å². The molecule has 0 aliphatic carbocycles. The normalized spacial score (nSPS) is 11.7. The van der Waals surface area contributed by atoms with E-state index < -0.39 is 9.84 Å². The van der Waals surface area contributed by atoms with Crippen molar-refractivity contribution in [1.82, 2.24) is 10.6 Å². The van der Waals surface area contributed by atoms with E-state index in [1.165, 1.54) is 18.4 Å². The molecule has 1 rings (SSSR count). The van der Waals surface area contributed by atoms with E-state index in [0.717, 1.165) is 5.56 Å². The van der Waals surface area contributed by atoms with Gasteiger partial charge in [0.1, 0.15) is 15.7 Å². The Morgan fingerprint density at radius 2 is 2.05 bits per heavy atom. The van der Waals surface area contributed by atoms with Gasteiger partial charge in [-0.2, -0.15) is 0 Å². The molecule has 8 heteroatoms. The highest BCUT2D eigenvalue weighted by atomic mass is 127. The number of sulfone groups is 1. The van der Waals surface area contributed by atoms with Gasteiger partial charge in [-0.05, 0) is 31.0 Å². The van der Waals surface area contributed by atoms with Crippen molar-refractivity contribution in [2.75, 3.05) is 25.1 Å². The Hall–Kier alpha value is -0.900. The van der Waals surface area contributed by atoms with Crippen LogP contribution in [0.15, 0.2) is 29.3 Å². The molecule has 0 aliphatic heterocycles. The zero-order chi connectivity index (χ0) is 15.7. The van der Waals surface area contributed by atoms with Gasteiger partial charge in [0.15, 0.2) is 5.96 Å². The van der Waals surface area contributed by atoms with Gasteiger partial charge < -0.3 is 10.6 Å². The summed E-state index contributed by atoms with van der Waals surface area (Å²) in [4.78, 5) is 4.34. The topological polar surface area (TPSA) is 70.6 Å². The van der Waals surface area contributed by atoms with E-state index in [1.54, 1.807) is 12.1 Å². The number of benzene rings is 1. The van der Waals surface area contributed by atoms with Crippen LogP contribution >= 0.6 is 24.0 Å². The van der Waals surface area contributed by atoms with Crippen LogP contribution in [0.1, 0.15) is 18.9 Å². The minimum atomic E-state index is -2.94. The molecule has 0 radical (unpaired) electrons. The van der Waals surface area contributed by atoms with Crippen LogP contribution < -0.4 is 10.6 Å². The van der Waals surface area contributed by atoms with Gasteiger partial charge in [0.2, 0.25) is 0 Å². The van der Waals surface area contributed by atoms with E-state index in [0.29, 0.717) is 32.0 Å². The molecule has 126 valence electrons. The summed E-state index contributed by atoms with van der Waals surface area (Å²) >= 11 is 0. The van der Waals surface area contributed by atoms with Crippen molar-refractivity contribution in [3.8, 4) is 0 Å². The van der Waals surface area contributed by atoms with Gasteiger partial charge in [-0.25, -0.2) is 17.8 Å². The van der Waals surface area contributed by atoms with Crippen molar-refractivity contribution in [2.24, 2.45) is 4.99 Å². The molecule has 0 aliphatic rings. The highest BCUT2D eigenvalue weighted by Crippen LogP contribution is 2.04. The number of aliphatic imine (C=N–C) groups is 1. The molecule has 0 saturated heterocycles. The van der Waals surface area contributed by atoms with Crippen LogP contribution in [-0.4, -0.2) is 39.5 Å². The Bertz CT molecular complexity index is 579. The van der Waals surface area contributed by atoms with E-state index in [9.17, 15) is 12.8 Å². The smallest absolute Gasteiger partial charge is 0.191 e. The zero-order valence-corrected chi connectivity index (χ0v) is 15.9. The van der Waals surface area contributed by atoms with Gasteiger partial charge in [0.25, 0.3) is 0 Å². The number of hydrogen-bond donors (Lipinski definition) is 2. The van der Waals surface area contributed by atoms with Crippen LogP contribution in [0.3, 0.4) is 0 Å². The molecule has 22 heavy (non-hydrogen) atoms. The molecule has 0 amide bonds. The lowest BCUT2D eigenvalue weighted by Crippen LogP contribution is -2.38. The van der Waals surface area contributed by atoms with Crippen LogP contribution in [0, 0.1) is 5.82 Å². The average molecular weight is 443 g/mol. The highest BCUT2D eigenvalue weighted by Gasteiger charge is 2.02. The first-order valence-corrected chi connectivity index (χ1v) is 8.91. The molecule has 5 nitrogen and oxygen atoms in total. The average Bonchev–Trinajstić information content (AvgIpc) is 2.39. The lowest BCUT2D eigenvalue weighted by atomic mass is 10.2. The summed E-state index contributed by atoms with van der Waals surface area (Å²) in [5.74, 6) is 0.451. The van der Waals surface area contributed by atoms with Crippen molar-refractivity contribution in [1.29, 1.82) is 0 Å². The number of nitrogens with zero attached hydrogens (tertiary/aromatic N) is 1. The second-order valence-electron chi connectivity index (χ2n) is 4.74. The molecular formula is C14H23FIN3O2S. The van der Waals surface area contributed by atoms with E-state index >= 15 is 0 Å². The standard InChI is InChI=1S/C14H22FN3O2S.HI/c1-3-16-14(17-8-5-9-21(2,19)20)18-11-12-6-4-7-13(15)10-12;/h4,6-7,10H,3,5,8-9,11H2,1-2H3,(H2,16,17,18);1H. The molecule has 1 aromatic carbocycles. The first kappa shape index (κ1) is 21.1. The first-order chi connectivity index (χ1) is 9.90. The van der Waals surface area contributed by atoms with Crippen LogP contribution in [0.5, 0.6) is 0 Å². The molecule has 0 aromatic heterocycles. The van der Waals surface area contributed by atoms with E-state index in [4.69, 9.17) is 0 Å². The molecule has 0 fully saturated rings. The van der Waals surface area contributed by atoms with Gasteiger partial charge in [-0.1, -0.05) is 12.1 Å². The molecule has 0 heterocycles. The Morgan fingerprint density at radius 1 is 1.32 bits per heavy atom. The van der Waals surface area contributed by atoms with Crippen molar-refractivity contribution in [3.63, 3.8) is 0 Å². The summed E-state index contributed by atoms with van der Waals surface area (Å²) in [5.41, 5.74) is 0.781. The third-order valence-electron chi connectivity index (χ3n) is 2.64. The molecular weight excluding hydrogens is 420 g/mol. The molecule has 0 saturated carbocycles. The lowest BCUT2D eigenvalue weighted by molar-refractivity contribution is 0.598. The van der Waals surface area contributed by atoms with Crippen LogP contribution in [0.2, 0.25) is 0 Å². The van der Waals surface area contributed by atoms with E-state index in [2.05, 4.69) is 15.6 Å². The van der Waals surface area contributed by atoms with Gasteiger partial charge in [-0.15, -0.1) is 24.0 Å². The summed E-state index contributed by atoms with van der Waals surface area (Å²) in [6.07, 6.45) is 1.74. The maximum absolute atomic E-state index is 13.1. The van der Waals surface area contributed by atoms with Crippen molar-refractivity contribution in [3.05, 3.63) is 35.6 Å². The first-order valence-electron chi connectivity index (χ1n) is 6.85. The van der Waals surface area contributed by atoms with Crippen molar-refractivity contribution in [2.45, 2.75) is 19.9 Å². The zero-order valence-electron chi connectivity index (χ0n) is 12.8. The Balaban J connectivity index is 0.00000441. The predicted octanol–water partition coefficient (Wildman–Crippen LogP) is 1.93. The fourth-order valence-corrected chi connectivity index (χ4v) is 2.36. The third kappa shape index (κ3) is 9.93. The third-order valence-corrected chi connectivity index (χ3v) is 3.67. The second kappa shape index (κ2) is 10.8. The predicted molar refractivity (Wildman–Crippen MR) is 99.0 cm³/mol. The molecule has 0 atom stereocenters. The van der Waals surface area contributed by atoms with E-state index in [-0.39, 0.29) is 35.5 Å². The maximum Gasteiger partial charge on any atom is 0.191 e. The Kier molecular flexibility index (Phi) is 10.3. The summed E-state index contributed by atoms with van der Waals surface area (Å²) in [5, 5.41) is 6.12. The monoisotopic (exact) mass is 443 g/mol. The molecule has 2 N–H and O–H groups in total. The fourth-order valence-electron chi connectivity index (χ4n) is 1.69. The summed E-state index contributed by atoms with van der Waals surface area (Å²) in [6.45, 7) is 3.51. The number of guanidine groups is 1.